The molecule has 1 fully saturated rings. The first kappa shape index (κ1) is 18.9. The second kappa shape index (κ2) is 7.87. The number of likely N-dealkylation sites (tertiary alicyclic amines) is 1. The van der Waals surface area contributed by atoms with E-state index in [0.717, 1.165) is 61.5 Å². The van der Waals surface area contributed by atoms with Crippen LogP contribution >= 0.6 is 0 Å². The van der Waals surface area contributed by atoms with Gasteiger partial charge in [0.25, 0.3) is 0 Å². The molecule has 0 amide bonds. The summed E-state index contributed by atoms with van der Waals surface area (Å²) in [5.41, 5.74) is 7.02. The minimum absolute atomic E-state index is 0.212. The number of halogens is 1. The maximum atomic E-state index is 13.3. The van der Waals surface area contributed by atoms with E-state index in [4.69, 9.17) is 0 Å². The summed E-state index contributed by atoms with van der Waals surface area (Å²) in [5.74, 6) is 0.189. The van der Waals surface area contributed by atoms with Crippen molar-refractivity contribution in [3.8, 4) is 11.1 Å². The SMILES string of the molecule is CCn1nc(C)c(CN2CCC[C@@H](c3[nH]ncc3-c3ccc(F)cc3)C2)c1C. The van der Waals surface area contributed by atoms with Gasteiger partial charge >= 0.3 is 0 Å². The maximum Gasteiger partial charge on any atom is 0.123 e. The van der Waals surface area contributed by atoms with Gasteiger partial charge in [0.2, 0.25) is 0 Å². The standard InChI is InChI=1S/C22H28FN5/c1-4-28-16(3)21(15(2)26-28)14-27-11-5-6-18(13-27)22-20(12-24-25-22)17-7-9-19(23)10-8-17/h7-10,12,18H,4-6,11,13-14H2,1-3H3,(H,24,25)/t18-/m1/s1. The van der Waals surface area contributed by atoms with Gasteiger partial charge in [-0.1, -0.05) is 12.1 Å². The minimum atomic E-state index is -0.212. The van der Waals surface area contributed by atoms with Crippen molar-refractivity contribution in [3.05, 3.63) is 58.9 Å². The lowest BCUT2D eigenvalue weighted by Gasteiger charge is -2.32. The van der Waals surface area contributed by atoms with Crippen molar-refractivity contribution in [1.29, 1.82) is 0 Å². The van der Waals surface area contributed by atoms with Gasteiger partial charge in [0.05, 0.1) is 11.9 Å². The van der Waals surface area contributed by atoms with Crippen LogP contribution in [0.5, 0.6) is 0 Å². The molecule has 1 atom stereocenters. The van der Waals surface area contributed by atoms with E-state index in [1.807, 2.05) is 18.3 Å². The van der Waals surface area contributed by atoms with E-state index in [1.165, 1.54) is 23.4 Å². The lowest BCUT2D eigenvalue weighted by Crippen LogP contribution is -2.34. The van der Waals surface area contributed by atoms with E-state index in [2.05, 4.69) is 45.6 Å². The average Bonchev–Trinajstić information content (AvgIpc) is 3.29. The lowest BCUT2D eigenvalue weighted by atomic mass is 9.90. The Balaban J connectivity index is 1.53. The van der Waals surface area contributed by atoms with Crippen LogP contribution in [-0.2, 0) is 13.1 Å². The highest BCUT2D eigenvalue weighted by molar-refractivity contribution is 5.65. The minimum Gasteiger partial charge on any atom is -0.298 e. The van der Waals surface area contributed by atoms with Crippen molar-refractivity contribution in [2.75, 3.05) is 13.1 Å². The van der Waals surface area contributed by atoms with Crippen molar-refractivity contribution >= 4 is 0 Å². The van der Waals surface area contributed by atoms with Crippen LogP contribution in [-0.4, -0.2) is 38.0 Å². The highest BCUT2D eigenvalue weighted by Gasteiger charge is 2.26. The Morgan fingerprint density at radius 2 is 2.00 bits per heavy atom. The molecule has 28 heavy (non-hydrogen) atoms. The Bertz CT molecular complexity index is 940. The molecule has 148 valence electrons. The molecule has 6 heteroatoms. The molecule has 1 N–H and O–H groups in total. The number of nitrogens with one attached hydrogen (secondary N) is 1. The first-order chi connectivity index (χ1) is 13.6. The fourth-order valence-corrected chi connectivity index (χ4v) is 4.40. The Labute approximate surface area is 165 Å². The second-order valence-electron chi connectivity index (χ2n) is 7.74. The third-order valence-electron chi connectivity index (χ3n) is 5.95. The molecule has 2 aromatic heterocycles. The van der Waals surface area contributed by atoms with E-state index in [-0.39, 0.29) is 5.82 Å². The largest absolute Gasteiger partial charge is 0.298 e. The molecule has 0 radical (unpaired) electrons. The molecule has 1 aliphatic rings. The van der Waals surface area contributed by atoms with Gasteiger partial charge in [-0.2, -0.15) is 10.2 Å². The quantitative estimate of drug-likeness (QED) is 0.711. The Morgan fingerprint density at radius 1 is 1.21 bits per heavy atom. The van der Waals surface area contributed by atoms with E-state index in [0.29, 0.717) is 5.92 Å². The first-order valence-corrected chi connectivity index (χ1v) is 10.1. The predicted molar refractivity (Wildman–Crippen MR) is 109 cm³/mol. The smallest absolute Gasteiger partial charge is 0.123 e. The fourth-order valence-electron chi connectivity index (χ4n) is 4.40. The zero-order chi connectivity index (χ0) is 19.7. The van der Waals surface area contributed by atoms with E-state index in [1.54, 1.807) is 0 Å². The molecule has 0 bridgehead atoms. The second-order valence-corrected chi connectivity index (χ2v) is 7.74. The van der Waals surface area contributed by atoms with Crippen molar-refractivity contribution in [2.24, 2.45) is 0 Å². The van der Waals surface area contributed by atoms with Crippen LogP contribution in [0.2, 0.25) is 0 Å². The molecule has 0 aliphatic carbocycles. The summed E-state index contributed by atoms with van der Waals surface area (Å²) in [6.07, 6.45) is 4.16. The number of nitrogens with zero attached hydrogens (tertiary/aromatic N) is 4. The first-order valence-electron chi connectivity index (χ1n) is 10.1. The Morgan fingerprint density at radius 3 is 2.71 bits per heavy atom. The summed E-state index contributed by atoms with van der Waals surface area (Å²) in [4.78, 5) is 2.53. The van der Waals surface area contributed by atoms with Gasteiger partial charge in [0, 0.05) is 48.1 Å². The van der Waals surface area contributed by atoms with Gasteiger partial charge in [-0.25, -0.2) is 4.39 Å². The molecule has 5 nitrogen and oxygen atoms in total. The normalized spacial score (nSPS) is 17.9. The monoisotopic (exact) mass is 381 g/mol. The van der Waals surface area contributed by atoms with Crippen molar-refractivity contribution in [1.82, 2.24) is 24.9 Å². The van der Waals surface area contributed by atoms with Crippen LogP contribution in [0, 0.1) is 19.7 Å². The summed E-state index contributed by atoms with van der Waals surface area (Å²) in [6, 6.07) is 6.68. The molecule has 0 unspecified atom stereocenters. The summed E-state index contributed by atoms with van der Waals surface area (Å²) in [7, 11) is 0. The third-order valence-corrected chi connectivity index (χ3v) is 5.95. The molecule has 1 saturated heterocycles. The van der Waals surface area contributed by atoms with Gasteiger partial charge in [0.15, 0.2) is 0 Å². The number of rotatable bonds is 5. The molecular weight excluding hydrogens is 353 g/mol. The molecule has 1 aromatic carbocycles. The van der Waals surface area contributed by atoms with Crippen LogP contribution in [0.1, 0.15) is 48.3 Å². The number of hydrogen-bond acceptors (Lipinski definition) is 3. The van der Waals surface area contributed by atoms with Crippen LogP contribution in [0.25, 0.3) is 11.1 Å². The zero-order valence-electron chi connectivity index (χ0n) is 16.9. The van der Waals surface area contributed by atoms with E-state index < -0.39 is 0 Å². The van der Waals surface area contributed by atoms with Gasteiger partial charge in [-0.15, -0.1) is 0 Å². The van der Waals surface area contributed by atoms with Crippen LogP contribution in [0.4, 0.5) is 4.39 Å². The van der Waals surface area contributed by atoms with Gasteiger partial charge in [-0.05, 0) is 57.9 Å². The van der Waals surface area contributed by atoms with Crippen molar-refractivity contribution in [3.63, 3.8) is 0 Å². The molecule has 4 rings (SSSR count). The molecule has 3 aromatic rings. The molecule has 0 spiro atoms. The van der Waals surface area contributed by atoms with Crippen molar-refractivity contribution in [2.45, 2.75) is 52.6 Å². The third kappa shape index (κ3) is 3.61. The number of H-pyrrole nitrogens is 1. The highest BCUT2D eigenvalue weighted by Crippen LogP contribution is 2.33. The van der Waals surface area contributed by atoms with Gasteiger partial charge < -0.3 is 0 Å². The Hall–Kier alpha value is -2.47. The highest BCUT2D eigenvalue weighted by atomic mass is 19.1. The number of hydrogen-bond donors (Lipinski definition) is 1. The van der Waals surface area contributed by atoms with Gasteiger partial charge in [-0.3, -0.25) is 14.7 Å². The number of aromatic amines is 1. The van der Waals surface area contributed by atoms with E-state index >= 15 is 0 Å². The van der Waals surface area contributed by atoms with Crippen LogP contribution in [0.15, 0.2) is 30.5 Å². The Kier molecular flexibility index (Phi) is 5.31. The number of aromatic nitrogens is 4. The lowest BCUT2D eigenvalue weighted by molar-refractivity contribution is 0.198. The van der Waals surface area contributed by atoms with Crippen molar-refractivity contribution < 1.29 is 4.39 Å². The van der Waals surface area contributed by atoms with Gasteiger partial charge in [0.1, 0.15) is 5.82 Å². The predicted octanol–water partition coefficient (Wildman–Crippen LogP) is 4.43. The number of piperidine rings is 1. The summed E-state index contributed by atoms with van der Waals surface area (Å²) in [5, 5.41) is 12.2. The zero-order valence-corrected chi connectivity index (χ0v) is 16.9. The number of benzene rings is 1. The molecule has 3 heterocycles. The van der Waals surface area contributed by atoms with Crippen LogP contribution in [0.3, 0.4) is 0 Å². The molecule has 1 aliphatic heterocycles. The summed E-state index contributed by atoms with van der Waals surface area (Å²) < 4.78 is 15.4. The van der Waals surface area contributed by atoms with Crippen LogP contribution < -0.4 is 0 Å². The number of aryl methyl sites for hydroxylation is 2. The maximum absolute atomic E-state index is 13.3. The summed E-state index contributed by atoms with van der Waals surface area (Å²) in [6.45, 7) is 10.4. The fraction of sp³-hybridized carbons (Fsp3) is 0.455. The average molecular weight is 381 g/mol. The summed E-state index contributed by atoms with van der Waals surface area (Å²) >= 11 is 0. The molecular formula is C22H28FN5. The molecule has 0 saturated carbocycles. The van der Waals surface area contributed by atoms with E-state index in [9.17, 15) is 4.39 Å². The topological polar surface area (TPSA) is 49.7 Å².